The topological polar surface area (TPSA) is 35.4 Å². The van der Waals surface area contributed by atoms with Crippen LogP contribution in [-0.2, 0) is 0 Å². The van der Waals surface area contributed by atoms with Crippen LogP contribution in [0.25, 0.3) is 97.5 Å². The lowest BCUT2D eigenvalue weighted by atomic mass is 10.1. The Morgan fingerprint density at radius 2 is 1.35 bits per heavy atom. The van der Waals surface area contributed by atoms with Crippen LogP contribution in [0, 0.1) is 0 Å². The van der Waals surface area contributed by atoms with E-state index >= 15 is 0 Å². The summed E-state index contributed by atoms with van der Waals surface area (Å²) < 4.78 is 13.7. The van der Waals surface area contributed by atoms with E-state index in [2.05, 4.69) is 142 Å². The fourth-order valence-electron chi connectivity index (χ4n) is 7.47. The van der Waals surface area contributed by atoms with Crippen LogP contribution >= 0.6 is 11.3 Å². The molecule has 0 radical (unpaired) electrons. The summed E-state index contributed by atoms with van der Waals surface area (Å²) in [6, 6.07) is 49.8. The quantitative estimate of drug-likeness (QED) is 0.196. The average Bonchev–Trinajstić information content (AvgIpc) is 3.85. The first-order valence-electron chi connectivity index (χ1n) is 15.5. The van der Waals surface area contributed by atoms with Gasteiger partial charge in [-0.2, -0.15) is 0 Å². The molecule has 0 unspecified atom stereocenters. The van der Waals surface area contributed by atoms with Crippen LogP contribution in [0.2, 0.25) is 0 Å². The van der Waals surface area contributed by atoms with Crippen molar-refractivity contribution in [1.82, 2.24) is 14.0 Å². The van der Waals surface area contributed by atoms with Crippen LogP contribution in [0.15, 0.2) is 144 Å². The highest BCUT2D eigenvalue weighted by atomic mass is 32.1. The number of thiophene rings is 1. The number of hydrogen-bond donors (Lipinski definition) is 0. The van der Waals surface area contributed by atoms with E-state index in [4.69, 9.17) is 9.40 Å². The second-order valence-electron chi connectivity index (χ2n) is 12.0. The monoisotopic (exact) mass is 605 g/mol. The summed E-state index contributed by atoms with van der Waals surface area (Å²) in [6.07, 6.45) is 0. The van der Waals surface area contributed by atoms with Gasteiger partial charge in [0, 0.05) is 42.9 Å². The fourth-order valence-corrected chi connectivity index (χ4v) is 8.68. The van der Waals surface area contributed by atoms with Gasteiger partial charge in [-0.05, 0) is 60.7 Å². The van der Waals surface area contributed by atoms with Crippen LogP contribution in [-0.4, -0.2) is 14.0 Å². The highest BCUT2D eigenvalue weighted by molar-refractivity contribution is 7.26. The first-order chi connectivity index (χ1) is 22.8. The molecule has 6 aromatic carbocycles. The van der Waals surface area contributed by atoms with Crippen molar-refractivity contribution < 1.29 is 4.42 Å². The zero-order chi connectivity index (χ0) is 29.9. The molecule has 0 aliphatic carbocycles. The molecule has 5 heteroatoms. The molecule has 5 aromatic heterocycles. The second-order valence-corrected chi connectivity index (χ2v) is 13.1. The van der Waals surface area contributed by atoms with Gasteiger partial charge in [0.15, 0.2) is 0 Å². The molecule has 0 aliphatic rings. The Morgan fingerprint density at radius 1 is 0.543 bits per heavy atom. The minimum atomic E-state index is 0.914. The number of fused-ring (bicyclic) bond motifs is 13. The molecular weight excluding hydrogens is 583 g/mol. The lowest BCUT2D eigenvalue weighted by Crippen LogP contribution is -1.97. The zero-order valence-corrected chi connectivity index (χ0v) is 25.3. The molecule has 0 fully saturated rings. The Kier molecular flexibility index (Phi) is 4.69. The number of aromatic nitrogens is 3. The van der Waals surface area contributed by atoms with Gasteiger partial charge in [-0.1, -0.05) is 78.9 Å². The van der Waals surface area contributed by atoms with Gasteiger partial charge < -0.3 is 13.4 Å². The molecule has 4 nitrogen and oxygen atoms in total. The summed E-state index contributed by atoms with van der Waals surface area (Å²) in [6.45, 7) is 0. The van der Waals surface area contributed by atoms with Crippen LogP contribution < -0.4 is 0 Å². The molecule has 214 valence electrons. The zero-order valence-electron chi connectivity index (χ0n) is 24.4. The Bertz CT molecular complexity index is 3040. The summed E-state index contributed by atoms with van der Waals surface area (Å²) in [7, 11) is 0. The van der Waals surface area contributed by atoms with Crippen LogP contribution in [0.3, 0.4) is 0 Å². The van der Waals surface area contributed by atoms with Crippen LogP contribution in [0.1, 0.15) is 0 Å². The minimum Gasteiger partial charge on any atom is -0.456 e. The molecule has 0 bridgehead atoms. The first kappa shape index (κ1) is 24.4. The van der Waals surface area contributed by atoms with Gasteiger partial charge in [0.2, 0.25) is 0 Å². The molecule has 0 aliphatic heterocycles. The van der Waals surface area contributed by atoms with E-state index in [0.29, 0.717) is 0 Å². The molecule has 11 aromatic rings. The molecule has 0 spiro atoms. The van der Waals surface area contributed by atoms with Crippen LogP contribution in [0.5, 0.6) is 0 Å². The van der Waals surface area contributed by atoms with Gasteiger partial charge in [0.1, 0.15) is 11.2 Å². The van der Waals surface area contributed by atoms with Gasteiger partial charge in [0.25, 0.3) is 0 Å². The first-order valence-corrected chi connectivity index (χ1v) is 16.3. The van der Waals surface area contributed by atoms with Gasteiger partial charge in [-0.3, -0.25) is 0 Å². The summed E-state index contributed by atoms with van der Waals surface area (Å²) in [4.78, 5) is 5.28. The smallest absolute Gasteiger partial charge is 0.136 e. The Balaban J connectivity index is 1.25. The highest BCUT2D eigenvalue weighted by Crippen LogP contribution is 2.45. The van der Waals surface area contributed by atoms with Gasteiger partial charge in [-0.15, -0.1) is 11.3 Å². The molecule has 0 N–H and O–H groups in total. The number of benzene rings is 6. The number of furan rings is 1. The third-order valence-electron chi connectivity index (χ3n) is 9.46. The SMILES string of the molecule is c1cc(-c2nc3ccccc3n3c2cc2ccccc23)cc(-n2c3cc4c(cc3c3sc5ccccc5c32)oc2ccccc24)c1. The normalized spacial score (nSPS) is 12.3. The average molecular weight is 606 g/mol. The van der Waals surface area contributed by atoms with Crippen molar-refractivity contribution in [2.45, 2.75) is 0 Å². The maximum absolute atomic E-state index is 6.36. The molecule has 0 saturated carbocycles. The largest absolute Gasteiger partial charge is 0.456 e. The molecule has 5 heterocycles. The van der Waals surface area contributed by atoms with E-state index in [9.17, 15) is 0 Å². The molecule has 0 amide bonds. The summed E-state index contributed by atoms with van der Waals surface area (Å²) >= 11 is 1.85. The number of para-hydroxylation sites is 4. The van der Waals surface area contributed by atoms with Crippen molar-refractivity contribution in [2.24, 2.45) is 0 Å². The Labute approximate surface area is 266 Å². The maximum atomic E-state index is 6.36. The highest BCUT2D eigenvalue weighted by Gasteiger charge is 2.21. The third kappa shape index (κ3) is 3.19. The number of nitrogens with zero attached hydrogens (tertiary/aromatic N) is 3. The lowest BCUT2D eigenvalue weighted by Gasteiger charge is -2.13. The second kappa shape index (κ2) is 8.84. The van der Waals surface area contributed by atoms with Crippen molar-refractivity contribution in [1.29, 1.82) is 0 Å². The fraction of sp³-hybridized carbons (Fsp3) is 0. The molecule has 0 saturated heterocycles. The number of rotatable bonds is 2. The van der Waals surface area contributed by atoms with Gasteiger partial charge in [-0.25, -0.2) is 4.98 Å². The third-order valence-corrected chi connectivity index (χ3v) is 10.7. The van der Waals surface area contributed by atoms with E-state index in [1.54, 1.807) is 0 Å². The van der Waals surface area contributed by atoms with Crippen molar-refractivity contribution in [3.8, 4) is 16.9 Å². The van der Waals surface area contributed by atoms with E-state index in [0.717, 1.165) is 55.4 Å². The Morgan fingerprint density at radius 3 is 2.30 bits per heavy atom. The summed E-state index contributed by atoms with van der Waals surface area (Å²) in [5.74, 6) is 0. The summed E-state index contributed by atoms with van der Waals surface area (Å²) in [5.41, 5.74) is 11.8. The Hall–Kier alpha value is -5.91. The molecular formula is C41H23N3OS. The van der Waals surface area contributed by atoms with Crippen LogP contribution in [0.4, 0.5) is 0 Å². The van der Waals surface area contributed by atoms with E-state index < -0.39 is 0 Å². The standard InChI is InChI=1S/C41H23N3OS/c1-5-16-32-24(10-1)21-35-39(42-31-15-4-6-17-33(31)44(32)35)25-11-9-12-26(20-25)43-34-22-29-27-13-2-7-18-36(27)45-37(29)23-30(34)41-40(43)28-14-3-8-19-38(28)46-41/h1-23H. The van der Waals surface area contributed by atoms with Crippen molar-refractivity contribution in [2.75, 3.05) is 0 Å². The van der Waals surface area contributed by atoms with E-state index in [1.807, 2.05) is 17.4 Å². The predicted molar refractivity (Wildman–Crippen MR) is 193 cm³/mol. The molecule has 46 heavy (non-hydrogen) atoms. The van der Waals surface area contributed by atoms with E-state index in [1.165, 1.54) is 42.1 Å². The minimum absolute atomic E-state index is 0.914. The molecule has 11 rings (SSSR count). The molecule has 0 atom stereocenters. The summed E-state index contributed by atoms with van der Waals surface area (Å²) in [5, 5.41) is 5.94. The van der Waals surface area contributed by atoms with Gasteiger partial charge >= 0.3 is 0 Å². The lowest BCUT2D eigenvalue weighted by molar-refractivity contribution is 0.669. The predicted octanol–water partition coefficient (Wildman–Crippen LogP) is 11.5. The maximum Gasteiger partial charge on any atom is 0.136 e. The van der Waals surface area contributed by atoms with Gasteiger partial charge in [0.05, 0.1) is 43.5 Å². The number of hydrogen-bond acceptors (Lipinski definition) is 3. The van der Waals surface area contributed by atoms with Crippen molar-refractivity contribution in [3.63, 3.8) is 0 Å². The van der Waals surface area contributed by atoms with Crippen molar-refractivity contribution in [3.05, 3.63) is 140 Å². The van der Waals surface area contributed by atoms with Crippen molar-refractivity contribution >= 4 is 91.9 Å². The van der Waals surface area contributed by atoms with E-state index in [-0.39, 0.29) is 0 Å².